The van der Waals surface area contributed by atoms with Crippen LogP contribution in [-0.4, -0.2) is 96.7 Å². The zero-order valence-corrected chi connectivity index (χ0v) is 61.6. The third-order valence-corrected chi connectivity index (χ3v) is 18.9. The summed E-state index contributed by atoms with van der Waals surface area (Å²) in [7, 11) is -9.91. The largest absolute Gasteiger partial charge is 0.472 e. The first-order chi connectivity index (χ1) is 44.4. The first kappa shape index (κ1) is 90.1. The highest BCUT2D eigenvalue weighted by Gasteiger charge is 2.30. The van der Waals surface area contributed by atoms with E-state index in [0.29, 0.717) is 25.7 Å². The van der Waals surface area contributed by atoms with E-state index in [0.717, 1.165) is 102 Å². The van der Waals surface area contributed by atoms with Crippen LogP contribution in [0.1, 0.15) is 375 Å². The van der Waals surface area contributed by atoms with Gasteiger partial charge in [-0.2, -0.15) is 0 Å². The van der Waals surface area contributed by atoms with Crippen LogP contribution in [-0.2, 0) is 65.4 Å². The number of hydrogen-bond acceptors (Lipinski definition) is 15. The molecule has 0 aliphatic heterocycles. The van der Waals surface area contributed by atoms with Gasteiger partial charge in [0.05, 0.1) is 26.4 Å². The highest BCUT2D eigenvalue weighted by molar-refractivity contribution is 7.47. The minimum absolute atomic E-state index is 0.106. The quantitative estimate of drug-likeness (QED) is 0.0222. The van der Waals surface area contributed by atoms with Gasteiger partial charge in [0, 0.05) is 25.7 Å². The number of esters is 4. The molecule has 5 atom stereocenters. The molecule has 3 N–H and O–H groups in total. The van der Waals surface area contributed by atoms with Crippen LogP contribution in [0, 0.1) is 11.8 Å². The number of unbranched alkanes of at least 4 members (excludes halogenated alkanes) is 42. The molecule has 92 heavy (non-hydrogen) atoms. The first-order valence-corrected chi connectivity index (χ1v) is 41.0. The van der Waals surface area contributed by atoms with Gasteiger partial charge in [-0.1, -0.05) is 324 Å². The van der Waals surface area contributed by atoms with Gasteiger partial charge in [-0.25, -0.2) is 9.13 Å². The molecule has 0 spiro atoms. The Bertz CT molecular complexity index is 1790. The van der Waals surface area contributed by atoms with Crippen LogP contribution in [0.15, 0.2) is 0 Å². The van der Waals surface area contributed by atoms with Crippen molar-refractivity contribution in [2.75, 3.05) is 39.6 Å². The van der Waals surface area contributed by atoms with E-state index in [1.807, 2.05) is 0 Å². The molecule has 17 nitrogen and oxygen atoms in total. The summed E-state index contributed by atoms with van der Waals surface area (Å²) in [5, 5.41) is 10.6. The summed E-state index contributed by atoms with van der Waals surface area (Å²) in [5.41, 5.74) is 0. The molecular weight excluding hydrogens is 1210 g/mol. The predicted octanol–water partition coefficient (Wildman–Crippen LogP) is 21.2. The molecule has 0 fully saturated rings. The lowest BCUT2D eigenvalue weighted by Crippen LogP contribution is -2.30. The van der Waals surface area contributed by atoms with Crippen molar-refractivity contribution in [1.29, 1.82) is 0 Å². The summed E-state index contributed by atoms with van der Waals surface area (Å²) in [4.78, 5) is 72.7. The fraction of sp³-hybridized carbons (Fsp3) is 0.945. The summed E-state index contributed by atoms with van der Waals surface area (Å²) < 4.78 is 68.4. The van der Waals surface area contributed by atoms with Gasteiger partial charge in [0.2, 0.25) is 0 Å². The third-order valence-electron chi connectivity index (χ3n) is 17.0. The Morgan fingerprint density at radius 1 is 0.293 bits per heavy atom. The van der Waals surface area contributed by atoms with Crippen LogP contribution in [0.2, 0.25) is 0 Å². The van der Waals surface area contributed by atoms with Crippen molar-refractivity contribution < 1.29 is 80.2 Å². The van der Waals surface area contributed by atoms with Crippen molar-refractivity contribution in [1.82, 2.24) is 0 Å². The summed E-state index contributed by atoms with van der Waals surface area (Å²) in [6, 6.07) is 0. The van der Waals surface area contributed by atoms with Crippen LogP contribution in [0.3, 0.4) is 0 Å². The molecule has 0 aromatic carbocycles. The van der Waals surface area contributed by atoms with Gasteiger partial charge < -0.3 is 33.8 Å². The number of rotatable bonds is 72. The molecule has 0 heterocycles. The Morgan fingerprint density at radius 2 is 0.500 bits per heavy atom. The molecule has 0 saturated heterocycles. The number of phosphoric ester groups is 2. The lowest BCUT2D eigenvalue weighted by Gasteiger charge is -2.21. The maximum Gasteiger partial charge on any atom is 0.472 e. The summed E-state index contributed by atoms with van der Waals surface area (Å²) in [6.45, 7) is 9.55. The zero-order valence-electron chi connectivity index (χ0n) is 59.9. The van der Waals surface area contributed by atoms with Crippen LogP contribution in [0.25, 0.3) is 0 Å². The molecule has 0 aliphatic carbocycles. The molecule has 0 amide bonds. The molecule has 0 bridgehead atoms. The average Bonchev–Trinajstić information content (AvgIpc) is 1.55. The van der Waals surface area contributed by atoms with Crippen molar-refractivity contribution in [2.45, 2.75) is 394 Å². The minimum atomic E-state index is -4.95. The van der Waals surface area contributed by atoms with E-state index < -0.39 is 97.5 Å². The Kier molecular flexibility index (Phi) is 63.7. The standard InChI is InChI=1S/C73H142O17P2/c1-7-9-11-13-15-17-19-20-21-22-23-25-33-39-45-51-57-72(77)89-68(61-84-71(76)56-50-44-38-32-27-26-29-35-41-47-53-65(3)4)63-87-91(79,80)85-59-67(74)60-86-92(81,82)88-64-69(62-83-70(75)55-49-43-37-31-24-18-16-14-12-10-8-2)90-73(78)58-52-46-40-34-28-30-36-42-48-54-66(5)6/h65-69,74H,7-64H2,1-6H3,(H,79,80)(H,81,82)/t67-,68-,69-/m1/s1. The molecule has 19 heteroatoms. The number of carbonyl (C=O) groups excluding carboxylic acids is 4. The number of phosphoric acid groups is 2. The van der Waals surface area contributed by atoms with Crippen molar-refractivity contribution >= 4 is 39.5 Å². The molecule has 0 aromatic rings. The van der Waals surface area contributed by atoms with E-state index in [1.165, 1.54) is 193 Å². The number of aliphatic hydroxyl groups is 1. The van der Waals surface area contributed by atoms with Crippen LogP contribution in [0.5, 0.6) is 0 Å². The van der Waals surface area contributed by atoms with Gasteiger partial charge in [-0.3, -0.25) is 37.3 Å². The van der Waals surface area contributed by atoms with Crippen LogP contribution < -0.4 is 0 Å². The summed E-state index contributed by atoms with van der Waals surface area (Å²) >= 11 is 0. The molecule has 0 rings (SSSR count). The second-order valence-corrected chi connectivity index (χ2v) is 30.2. The van der Waals surface area contributed by atoms with Crippen molar-refractivity contribution in [3.63, 3.8) is 0 Å². The Labute approximate surface area is 562 Å². The highest BCUT2D eigenvalue weighted by Crippen LogP contribution is 2.45. The Balaban J connectivity index is 5.25. The summed E-state index contributed by atoms with van der Waals surface area (Å²) in [5.74, 6) is -0.623. The van der Waals surface area contributed by atoms with E-state index in [2.05, 4.69) is 41.5 Å². The molecule has 0 saturated carbocycles. The Hall–Kier alpha value is -1.94. The normalized spacial score (nSPS) is 14.1. The summed E-state index contributed by atoms with van der Waals surface area (Å²) in [6.07, 6.45) is 51.2. The van der Waals surface area contributed by atoms with E-state index >= 15 is 0 Å². The molecule has 546 valence electrons. The highest BCUT2D eigenvalue weighted by atomic mass is 31.2. The maximum atomic E-state index is 13.1. The molecule has 0 radical (unpaired) electrons. The topological polar surface area (TPSA) is 237 Å². The lowest BCUT2D eigenvalue weighted by molar-refractivity contribution is -0.161. The lowest BCUT2D eigenvalue weighted by atomic mass is 10.0. The van der Waals surface area contributed by atoms with Gasteiger partial charge in [0.25, 0.3) is 0 Å². The van der Waals surface area contributed by atoms with E-state index in [9.17, 15) is 43.2 Å². The second-order valence-electron chi connectivity index (χ2n) is 27.3. The van der Waals surface area contributed by atoms with Gasteiger partial charge in [-0.15, -0.1) is 0 Å². The average molecular weight is 1350 g/mol. The van der Waals surface area contributed by atoms with E-state index in [1.54, 1.807) is 0 Å². The molecule has 0 aromatic heterocycles. The van der Waals surface area contributed by atoms with Crippen molar-refractivity contribution in [3.8, 4) is 0 Å². The fourth-order valence-electron chi connectivity index (χ4n) is 11.1. The van der Waals surface area contributed by atoms with Gasteiger partial charge >= 0.3 is 39.5 Å². The van der Waals surface area contributed by atoms with Crippen LogP contribution in [0.4, 0.5) is 0 Å². The fourth-order valence-corrected chi connectivity index (χ4v) is 12.7. The minimum Gasteiger partial charge on any atom is -0.462 e. The maximum absolute atomic E-state index is 13.1. The Morgan fingerprint density at radius 3 is 0.739 bits per heavy atom. The number of hydrogen-bond donors (Lipinski definition) is 3. The van der Waals surface area contributed by atoms with Crippen molar-refractivity contribution in [3.05, 3.63) is 0 Å². The molecular formula is C73H142O17P2. The number of aliphatic hydroxyl groups excluding tert-OH is 1. The SMILES string of the molecule is CCCCCCCCCCCCCCCCCCC(=O)O[C@H](COC(=O)CCCCCCCCCCCCC(C)C)COP(=O)(O)OC[C@@H](O)COP(=O)(O)OC[C@@H](COC(=O)CCCCCCCCCCCCC)OC(=O)CCCCCCCCCCCC(C)C. The van der Waals surface area contributed by atoms with Gasteiger partial charge in [0.15, 0.2) is 12.2 Å². The van der Waals surface area contributed by atoms with E-state index in [4.69, 9.17) is 37.0 Å². The van der Waals surface area contributed by atoms with Crippen LogP contribution >= 0.6 is 15.6 Å². The smallest absolute Gasteiger partial charge is 0.462 e. The zero-order chi connectivity index (χ0) is 67.9. The second kappa shape index (κ2) is 65.0. The number of carbonyl (C=O) groups is 4. The first-order valence-electron chi connectivity index (χ1n) is 38.0. The molecule has 2 unspecified atom stereocenters. The molecule has 0 aliphatic rings. The van der Waals surface area contributed by atoms with Gasteiger partial charge in [-0.05, 0) is 37.5 Å². The monoisotopic (exact) mass is 1350 g/mol. The third kappa shape index (κ3) is 66.7. The van der Waals surface area contributed by atoms with Crippen molar-refractivity contribution in [2.24, 2.45) is 11.8 Å². The van der Waals surface area contributed by atoms with E-state index in [-0.39, 0.29) is 25.7 Å². The number of ether oxygens (including phenoxy) is 4. The predicted molar refractivity (Wildman–Crippen MR) is 372 cm³/mol. The van der Waals surface area contributed by atoms with Gasteiger partial charge in [0.1, 0.15) is 19.3 Å².